The molecule has 26 heavy (non-hydrogen) atoms. The van der Waals surface area contributed by atoms with Gasteiger partial charge in [-0.05, 0) is 23.3 Å². The topological polar surface area (TPSA) is 110 Å². The van der Waals surface area contributed by atoms with Crippen LogP contribution >= 0.6 is 0 Å². The number of hydrogen-bond donors (Lipinski definition) is 2. The lowest BCUT2D eigenvalue weighted by Crippen LogP contribution is -2.25. The summed E-state index contributed by atoms with van der Waals surface area (Å²) in [5, 5.41) is 9.10. The Kier molecular flexibility index (Phi) is 5.66. The first kappa shape index (κ1) is 17.3. The average Bonchev–Trinajstić information content (AvgIpc) is 3.14. The van der Waals surface area contributed by atoms with Crippen molar-refractivity contribution >= 4 is 11.8 Å². The molecule has 3 rings (SSSR count). The van der Waals surface area contributed by atoms with E-state index in [1.54, 1.807) is 24.5 Å². The van der Waals surface area contributed by atoms with Crippen LogP contribution < -0.4 is 10.6 Å². The first-order valence-electron chi connectivity index (χ1n) is 8.01. The summed E-state index contributed by atoms with van der Waals surface area (Å²) in [7, 11) is 0. The van der Waals surface area contributed by atoms with E-state index >= 15 is 0 Å². The molecule has 0 saturated heterocycles. The van der Waals surface area contributed by atoms with Crippen LogP contribution in [0.1, 0.15) is 27.6 Å². The monoisotopic (exact) mass is 351 g/mol. The van der Waals surface area contributed by atoms with Crippen LogP contribution in [0.15, 0.2) is 59.4 Å². The van der Waals surface area contributed by atoms with E-state index in [0.717, 1.165) is 11.1 Å². The van der Waals surface area contributed by atoms with E-state index in [1.165, 1.54) is 0 Å². The first-order chi connectivity index (χ1) is 12.7. The van der Waals surface area contributed by atoms with Crippen LogP contribution in [-0.2, 0) is 24.3 Å². The number of carbonyl (C=O) groups excluding carboxylic acids is 2. The van der Waals surface area contributed by atoms with Crippen molar-refractivity contribution in [3.63, 3.8) is 0 Å². The highest BCUT2D eigenvalue weighted by molar-refractivity contribution is 5.89. The fraction of sp³-hybridized carbons (Fsp3) is 0.167. The van der Waals surface area contributed by atoms with Crippen LogP contribution in [-0.4, -0.2) is 26.9 Å². The quantitative estimate of drug-likeness (QED) is 0.663. The molecule has 2 heterocycles. The number of amides is 2. The van der Waals surface area contributed by atoms with E-state index in [4.69, 9.17) is 4.52 Å². The highest BCUT2D eigenvalue weighted by atomic mass is 16.5. The SMILES string of the molecule is O=C(Cc1noc(C(=O)NCc2ccncc2)n1)NCc1ccccc1. The standard InChI is InChI=1S/C18H17N5O3/c24-16(20-11-13-4-2-1-3-5-13)10-15-22-18(26-23-15)17(25)21-12-14-6-8-19-9-7-14/h1-9H,10-12H2,(H,20,24)(H,21,25). The van der Waals surface area contributed by atoms with E-state index in [9.17, 15) is 9.59 Å². The molecule has 0 fully saturated rings. The summed E-state index contributed by atoms with van der Waals surface area (Å²) in [5.41, 5.74) is 1.89. The van der Waals surface area contributed by atoms with E-state index in [-0.39, 0.29) is 24.0 Å². The van der Waals surface area contributed by atoms with Crippen LogP contribution in [0, 0.1) is 0 Å². The van der Waals surface area contributed by atoms with E-state index in [1.807, 2.05) is 30.3 Å². The van der Waals surface area contributed by atoms with Crippen LogP contribution in [0.4, 0.5) is 0 Å². The highest BCUT2D eigenvalue weighted by Gasteiger charge is 2.16. The van der Waals surface area contributed by atoms with Gasteiger partial charge in [-0.2, -0.15) is 4.98 Å². The maximum absolute atomic E-state index is 12.0. The lowest BCUT2D eigenvalue weighted by Gasteiger charge is -2.03. The van der Waals surface area contributed by atoms with Crippen LogP contribution in [0.5, 0.6) is 0 Å². The molecule has 0 aliphatic rings. The Bertz CT molecular complexity index is 865. The Morgan fingerprint density at radius 3 is 2.38 bits per heavy atom. The van der Waals surface area contributed by atoms with E-state index < -0.39 is 5.91 Å². The zero-order valence-corrected chi connectivity index (χ0v) is 13.9. The van der Waals surface area contributed by atoms with E-state index in [2.05, 4.69) is 25.8 Å². The van der Waals surface area contributed by atoms with Crippen molar-refractivity contribution in [2.75, 3.05) is 0 Å². The molecule has 0 aliphatic carbocycles. The summed E-state index contributed by atoms with van der Waals surface area (Å²) in [4.78, 5) is 31.8. The van der Waals surface area contributed by atoms with Gasteiger partial charge in [-0.1, -0.05) is 35.5 Å². The molecule has 2 N–H and O–H groups in total. The van der Waals surface area contributed by atoms with Gasteiger partial charge >= 0.3 is 11.8 Å². The molecule has 0 aliphatic heterocycles. The van der Waals surface area contributed by atoms with Gasteiger partial charge in [0.25, 0.3) is 0 Å². The summed E-state index contributed by atoms with van der Waals surface area (Å²) >= 11 is 0. The minimum absolute atomic E-state index is 0.0615. The molecular weight excluding hydrogens is 334 g/mol. The zero-order chi connectivity index (χ0) is 18.2. The average molecular weight is 351 g/mol. The third-order valence-corrected chi connectivity index (χ3v) is 3.52. The Hall–Kier alpha value is -3.55. The number of aromatic nitrogens is 3. The van der Waals surface area contributed by atoms with Crippen molar-refractivity contribution in [1.82, 2.24) is 25.8 Å². The molecule has 0 atom stereocenters. The minimum atomic E-state index is -0.495. The van der Waals surface area contributed by atoms with Crippen molar-refractivity contribution in [2.45, 2.75) is 19.5 Å². The fourth-order valence-electron chi connectivity index (χ4n) is 2.18. The smallest absolute Gasteiger partial charge is 0.315 e. The summed E-state index contributed by atoms with van der Waals surface area (Å²) in [6.07, 6.45) is 3.22. The molecule has 1 aromatic carbocycles. The number of carbonyl (C=O) groups is 2. The number of pyridine rings is 1. The molecule has 0 unspecified atom stereocenters. The van der Waals surface area contributed by atoms with Gasteiger partial charge in [-0.3, -0.25) is 14.6 Å². The van der Waals surface area contributed by atoms with Gasteiger partial charge in [0.05, 0.1) is 6.42 Å². The lowest BCUT2D eigenvalue weighted by molar-refractivity contribution is -0.120. The number of hydrogen-bond acceptors (Lipinski definition) is 6. The van der Waals surface area contributed by atoms with Crippen molar-refractivity contribution < 1.29 is 14.1 Å². The van der Waals surface area contributed by atoms with Gasteiger partial charge in [0.15, 0.2) is 5.82 Å². The second-order valence-corrected chi connectivity index (χ2v) is 5.49. The van der Waals surface area contributed by atoms with Gasteiger partial charge in [-0.15, -0.1) is 0 Å². The van der Waals surface area contributed by atoms with Crippen molar-refractivity contribution in [2.24, 2.45) is 0 Å². The predicted molar refractivity (Wildman–Crippen MR) is 91.7 cm³/mol. The molecule has 8 nitrogen and oxygen atoms in total. The molecule has 8 heteroatoms. The second kappa shape index (κ2) is 8.52. The summed E-state index contributed by atoms with van der Waals surface area (Å²) in [6.45, 7) is 0.730. The Morgan fingerprint density at radius 2 is 1.62 bits per heavy atom. The molecular formula is C18H17N5O3. The Morgan fingerprint density at radius 1 is 0.923 bits per heavy atom. The maximum Gasteiger partial charge on any atom is 0.315 e. The number of nitrogens with one attached hydrogen (secondary N) is 2. The fourth-order valence-corrected chi connectivity index (χ4v) is 2.18. The van der Waals surface area contributed by atoms with Crippen molar-refractivity contribution in [3.8, 4) is 0 Å². The van der Waals surface area contributed by atoms with Gasteiger partial charge in [0.2, 0.25) is 5.91 Å². The summed E-state index contributed by atoms with van der Waals surface area (Å²) < 4.78 is 4.91. The number of nitrogens with zero attached hydrogens (tertiary/aromatic N) is 3. The highest BCUT2D eigenvalue weighted by Crippen LogP contribution is 2.02. The van der Waals surface area contributed by atoms with Gasteiger partial charge in [0.1, 0.15) is 0 Å². The lowest BCUT2D eigenvalue weighted by atomic mass is 10.2. The van der Waals surface area contributed by atoms with Crippen molar-refractivity contribution in [3.05, 3.63) is 77.7 Å². The molecule has 0 spiro atoms. The predicted octanol–water partition coefficient (Wildman–Crippen LogP) is 1.25. The number of rotatable bonds is 7. The van der Waals surface area contributed by atoms with Crippen LogP contribution in [0.2, 0.25) is 0 Å². The summed E-state index contributed by atoms with van der Waals surface area (Å²) in [5.74, 6) is -0.766. The van der Waals surface area contributed by atoms with Crippen LogP contribution in [0.25, 0.3) is 0 Å². The first-order valence-corrected chi connectivity index (χ1v) is 8.01. The Balaban J connectivity index is 1.47. The molecule has 3 aromatic rings. The normalized spacial score (nSPS) is 10.3. The Labute approximate surface area is 149 Å². The molecule has 0 saturated carbocycles. The van der Waals surface area contributed by atoms with Gasteiger partial charge in [0, 0.05) is 25.5 Å². The summed E-state index contributed by atoms with van der Waals surface area (Å²) in [6, 6.07) is 13.1. The zero-order valence-electron chi connectivity index (χ0n) is 13.9. The maximum atomic E-state index is 12.0. The molecule has 0 bridgehead atoms. The van der Waals surface area contributed by atoms with Gasteiger partial charge < -0.3 is 15.2 Å². The third kappa shape index (κ3) is 4.97. The van der Waals surface area contributed by atoms with Crippen molar-refractivity contribution in [1.29, 1.82) is 0 Å². The van der Waals surface area contributed by atoms with Crippen LogP contribution in [0.3, 0.4) is 0 Å². The largest absolute Gasteiger partial charge is 0.352 e. The molecule has 2 amide bonds. The van der Waals surface area contributed by atoms with Gasteiger partial charge in [-0.25, -0.2) is 0 Å². The van der Waals surface area contributed by atoms with E-state index in [0.29, 0.717) is 13.1 Å². The minimum Gasteiger partial charge on any atom is -0.352 e. The number of benzene rings is 1. The third-order valence-electron chi connectivity index (χ3n) is 3.52. The molecule has 2 aromatic heterocycles. The second-order valence-electron chi connectivity index (χ2n) is 5.49. The molecule has 132 valence electrons. The molecule has 0 radical (unpaired) electrons.